The summed E-state index contributed by atoms with van der Waals surface area (Å²) in [6.07, 6.45) is 0. The Labute approximate surface area is 174 Å². The fraction of sp³-hybridized carbons (Fsp3) is 0.0769. The molecule has 0 radical (unpaired) electrons. The van der Waals surface area contributed by atoms with E-state index in [1.54, 1.807) is 19.1 Å². The molecule has 148 valence electrons. The zero-order chi connectivity index (χ0) is 20.9. The van der Waals surface area contributed by atoms with E-state index in [1.165, 1.54) is 12.1 Å². The Morgan fingerprint density at radius 1 is 0.833 bits per heavy atom. The Hall–Kier alpha value is -3.79. The molecule has 0 saturated heterocycles. The number of esters is 1. The molecule has 30 heavy (non-hydrogen) atoms. The van der Waals surface area contributed by atoms with Gasteiger partial charge < -0.3 is 4.74 Å². The van der Waals surface area contributed by atoms with E-state index in [2.05, 4.69) is 0 Å². The number of rotatable bonds is 5. The standard InChI is InChI=1S/C26H20FNO2/c1-2-30-26(29)24-22(18-9-5-3-6-10-18)17-23(19-11-7-4-8-12-19)28-25(24)20-13-15-21(27)16-14-20/h3-17H,2H2,1H3. The van der Waals surface area contributed by atoms with E-state index >= 15 is 0 Å². The summed E-state index contributed by atoms with van der Waals surface area (Å²) in [7, 11) is 0. The molecule has 1 aromatic heterocycles. The molecule has 0 aliphatic carbocycles. The van der Waals surface area contributed by atoms with Crippen LogP contribution in [0.5, 0.6) is 0 Å². The molecule has 0 aliphatic heterocycles. The van der Waals surface area contributed by atoms with Gasteiger partial charge in [-0.15, -0.1) is 0 Å². The zero-order valence-electron chi connectivity index (χ0n) is 16.5. The number of hydrogen-bond acceptors (Lipinski definition) is 3. The number of benzene rings is 3. The minimum Gasteiger partial charge on any atom is -0.462 e. The highest BCUT2D eigenvalue weighted by Gasteiger charge is 2.23. The third-order valence-corrected chi connectivity index (χ3v) is 4.77. The van der Waals surface area contributed by atoms with Gasteiger partial charge in [0.15, 0.2) is 0 Å². The van der Waals surface area contributed by atoms with E-state index in [-0.39, 0.29) is 12.4 Å². The number of ether oxygens (including phenoxy) is 1. The SMILES string of the molecule is CCOC(=O)c1c(-c2ccccc2)cc(-c2ccccc2)nc1-c1ccc(F)cc1. The fourth-order valence-electron chi connectivity index (χ4n) is 3.37. The lowest BCUT2D eigenvalue weighted by Crippen LogP contribution is -2.10. The van der Waals surface area contributed by atoms with Crippen molar-refractivity contribution in [2.24, 2.45) is 0 Å². The van der Waals surface area contributed by atoms with Crippen LogP contribution in [0.3, 0.4) is 0 Å². The summed E-state index contributed by atoms with van der Waals surface area (Å²) >= 11 is 0. The number of halogens is 1. The second-order valence-corrected chi connectivity index (χ2v) is 6.74. The maximum absolute atomic E-state index is 13.6. The van der Waals surface area contributed by atoms with Gasteiger partial charge in [-0.1, -0.05) is 60.7 Å². The molecule has 4 aromatic rings. The lowest BCUT2D eigenvalue weighted by atomic mass is 9.93. The van der Waals surface area contributed by atoms with Crippen molar-refractivity contribution in [2.75, 3.05) is 6.61 Å². The van der Waals surface area contributed by atoms with Crippen molar-refractivity contribution in [2.45, 2.75) is 6.92 Å². The molecule has 4 rings (SSSR count). The Bertz CT molecular complexity index is 1160. The van der Waals surface area contributed by atoms with Gasteiger partial charge in [-0.05, 0) is 42.8 Å². The number of carbonyl (C=O) groups is 1. The third-order valence-electron chi connectivity index (χ3n) is 4.77. The normalized spacial score (nSPS) is 10.6. The van der Waals surface area contributed by atoms with Crippen molar-refractivity contribution in [3.63, 3.8) is 0 Å². The topological polar surface area (TPSA) is 39.2 Å². The molecule has 0 amide bonds. The van der Waals surface area contributed by atoms with E-state index in [9.17, 15) is 9.18 Å². The van der Waals surface area contributed by atoms with Gasteiger partial charge >= 0.3 is 5.97 Å². The van der Waals surface area contributed by atoms with Gasteiger partial charge in [0, 0.05) is 16.7 Å². The summed E-state index contributed by atoms with van der Waals surface area (Å²) in [5.41, 5.74) is 4.73. The van der Waals surface area contributed by atoms with Crippen LogP contribution in [0.4, 0.5) is 4.39 Å². The molecule has 1 heterocycles. The molecule has 3 aromatic carbocycles. The first-order valence-electron chi connectivity index (χ1n) is 9.76. The molecular formula is C26H20FNO2. The van der Waals surface area contributed by atoms with Crippen LogP contribution >= 0.6 is 0 Å². The predicted molar refractivity (Wildman–Crippen MR) is 116 cm³/mol. The Balaban J connectivity index is 2.04. The van der Waals surface area contributed by atoms with Crippen LogP contribution in [0.2, 0.25) is 0 Å². The van der Waals surface area contributed by atoms with Crippen LogP contribution in [0.1, 0.15) is 17.3 Å². The second kappa shape index (κ2) is 8.70. The summed E-state index contributed by atoms with van der Waals surface area (Å²) in [5, 5.41) is 0. The second-order valence-electron chi connectivity index (χ2n) is 6.74. The van der Waals surface area contributed by atoms with Crippen molar-refractivity contribution < 1.29 is 13.9 Å². The first-order valence-corrected chi connectivity index (χ1v) is 9.76. The van der Waals surface area contributed by atoms with E-state index < -0.39 is 5.97 Å². The summed E-state index contributed by atoms with van der Waals surface area (Å²) in [6, 6.07) is 27.3. The van der Waals surface area contributed by atoms with Gasteiger partial charge in [0.2, 0.25) is 0 Å². The number of carbonyl (C=O) groups excluding carboxylic acids is 1. The maximum Gasteiger partial charge on any atom is 0.340 e. The highest BCUT2D eigenvalue weighted by atomic mass is 19.1. The van der Waals surface area contributed by atoms with Gasteiger partial charge in [-0.2, -0.15) is 0 Å². The number of pyridine rings is 1. The van der Waals surface area contributed by atoms with Crippen LogP contribution in [0, 0.1) is 5.82 Å². The van der Waals surface area contributed by atoms with Gasteiger partial charge in [0.05, 0.1) is 23.6 Å². The van der Waals surface area contributed by atoms with Crippen LogP contribution in [-0.4, -0.2) is 17.6 Å². The van der Waals surface area contributed by atoms with Crippen LogP contribution in [-0.2, 0) is 4.74 Å². The molecule has 0 fully saturated rings. The van der Waals surface area contributed by atoms with Crippen molar-refractivity contribution in [3.05, 3.63) is 102 Å². The lowest BCUT2D eigenvalue weighted by molar-refractivity contribution is 0.0528. The van der Waals surface area contributed by atoms with Gasteiger partial charge in [0.25, 0.3) is 0 Å². The van der Waals surface area contributed by atoms with E-state index in [0.717, 1.165) is 22.4 Å². The molecule has 3 nitrogen and oxygen atoms in total. The first-order chi connectivity index (χ1) is 14.7. The number of nitrogens with zero attached hydrogens (tertiary/aromatic N) is 1. The van der Waals surface area contributed by atoms with E-state index in [4.69, 9.17) is 9.72 Å². The van der Waals surface area contributed by atoms with Crippen molar-refractivity contribution in [1.29, 1.82) is 0 Å². The Kier molecular flexibility index (Phi) is 5.66. The monoisotopic (exact) mass is 397 g/mol. The van der Waals surface area contributed by atoms with Crippen molar-refractivity contribution >= 4 is 5.97 Å². The average molecular weight is 397 g/mol. The molecule has 0 N–H and O–H groups in total. The number of aromatic nitrogens is 1. The average Bonchev–Trinajstić information content (AvgIpc) is 2.80. The molecule has 0 atom stereocenters. The molecule has 0 saturated carbocycles. The molecule has 0 aliphatic rings. The molecule has 0 spiro atoms. The Morgan fingerprint density at radius 2 is 1.43 bits per heavy atom. The Morgan fingerprint density at radius 3 is 2.03 bits per heavy atom. The third kappa shape index (κ3) is 3.98. The summed E-state index contributed by atoms with van der Waals surface area (Å²) < 4.78 is 18.9. The summed E-state index contributed by atoms with van der Waals surface area (Å²) in [6.45, 7) is 2.01. The minimum absolute atomic E-state index is 0.246. The van der Waals surface area contributed by atoms with Crippen LogP contribution in [0.15, 0.2) is 91.0 Å². The first kappa shape index (κ1) is 19.5. The van der Waals surface area contributed by atoms with E-state index in [0.29, 0.717) is 16.8 Å². The summed E-state index contributed by atoms with van der Waals surface area (Å²) in [4.78, 5) is 17.8. The highest BCUT2D eigenvalue weighted by Crippen LogP contribution is 2.35. The van der Waals surface area contributed by atoms with Gasteiger partial charge in [-0.25, -0.2) is 14.2 Å². The quantitative estimate of drug-likeness (QED) is 0.366. The fourth-order valence-corrected chi connectivity index (χ4v) is 3.37. The zero-order valence-corrected chi connectivity index (χ0v) is 16.5. The largest absolute Gasteiger partial charge is 0.462 e. The summed E-state index contributed by atoms with van der Waals surface area (Å²) in [5.74, 6) is -0.804. The minimum atomic E-state index is -0.456. The van der Waals surface area contributed by atoms with Gasteiger partial charge in [-0.3, -0.25) is 0 Å². The van der Waals surface area contributed by atoms with Gasteiger partial charge in [0.1, 0.15) is 5.82 Å². The van der Waals surface area contributed by atoms with Crippen LogP contribution in [0.25, 0.3) is 33.6 Å². The molecule has 0 unspecified atom stereocenters. The predicted octanol–water partition coefficient (Wildman–Crippen LogP) is 6.40. The van der Waals surface area contributed by atoms with Crippen molar-refractivity contribution in [1.82, 2.24) is 4.98 Å². The number of hydrogen-bond donors (Lipinski definition) is 0. The van der Waals surface area contributed by atoms with Crippen LogP contribution < -0.4 is 0 Å². The lowest BCUT2D eigenvalue weighted by Gasteiger charge is -2.16. The molecular weight excluding hydrogens is 377 g/mol. The highest BCUT2D eigenvalue weighted by molar-refractivity contribution is 6.04. The smallest absolute Gasteiger partial charge is 0.340 e. The molecule has 4 heteroatoms. The van der Waals surface area contributed by atoms with E-state index in [1.807, 2.05) is 66.7 Å². The molecule has 0 bridgehead atoms. The maximum atomic E-state index is 13.6. The van der Waals surface area contributed by atoms with Crippen molar-refractivity contribution in [3.8, 4) is 33.6 Å².